The van der Waals surface area contributed by atoms with Gasteiger partial charge in [0.25, 0.3) is 0 Å². The second-order valence-electron chi connectivity index (χ2n) is 10.9. The maximum atomic E-state index is 13.4. The number of esters is 3. The van der Waals surface area contributed by atoms with Crippen LogP contribution >= 0.6 is 0 Å². The summed E-state index contributed by atoms with van der Waals surface area (Å²) in [5.41, 5.74) is -9.41. The lowest BCUT2D eigenvalue weighted by molar-refractivity contribution is -0.387. The maximum Gasteiger partial charge on any atom is 0.343 e. The van der Waals surface area contributed by atoms with Crippen LogP contribution in [0.4, 0.5) is 0 Å². The molecule has 11 heteroatoms. The Bertz CT molecular complexity index is 973. The number of aliphatic hydroxyl groups is 4. The van der Waals surface area contributed by atoms with Crippen LogP contribution in [0.15, 0.2) is 0 Å². The third-order valence-corrected chi connectivity index (χ3v) is 8.99. The molecule has 0 aromatic carbocycles. The molecule has 0 amide bonds. The van der Waals surface area contributed by atoms with Crippen molar-refractivity contribution in [1.82, 2.24) is 0 Å². The minimum absolute atomic E-state index is 0.282. The minimum atomic E-state index is -2.84. The lowest BCUT2D eigenvalue weighted by atomic mass is 9.51. The van der Waals surface area contributed by atoms with Gasteiger partial charge in [0.1, 0.15) is 17.6 Å². The van der Waals surface area contributed by atoms with Crippen LogP contribution in [0.25, 0.3) is 0 Å². The molecule has 6 aliphatic rings. The fourth-order valence-corrected chi connectivity index (χ4v) is 8.30. The normalized spacial score (nSPS) is 61.0. The van der Waals surface area contributed by atoms with E-state index in [9.17, 15) is 34.8 Å². The first-order valence-electron chi connectivity index (χ1n) is 10.3. The molecule has 0 aromatic heterocycles. The summed E-state index contributed by atoms with van der Waals surface area (Å²) in [7, 11) is 0. The largest absolute Gasteiger partial charge is 0.459 e. The molecule has 0 bridgehead atoms. The highest BCUT2D eigenvalue weighted by molar-refractivity contribution is 5.94. The standard InChI is InChI=1S/C20H24O11/c1-6-12(23)28-7-5-16-11-8(21)9(15(2,3)4)17(16)10(22)13(24)30-20(17,27)31-19(16,14(25)29-11)18(6,7)26/h6-11,21-22,26-27H,5H2,1-4H3. The molecular formula is C20H24O11. The predicted octanol–water partition coefficient (Wildman–Crippen LogP) is -2.05. The van der Waals surface area contributed by atoms with Gasteiger partial charge in [-0.3, -0.25) is 9.53 Å². The Balaban J connectivity index is 1.75. The number of fused-ring (bicyclic) bond motifs is 1. The average Bonchev–Trinajstić information content (AvgIpc) is 3.29. The topological polar surface area (TPSA) is 169 Å². The molecule has 11 nitrogen and oxygen atoms in total. The SMILES string of the molecule is CC1C(=O)OC2CC34C5OC(=O)C3(OC3(O)OC(=O)C(O)C34C(C(C)(C)C)C5O)C21O. The third kappa shape index (κ3) is 1.43. The average molecular weight is 440 g/mol. The monoisotopic (exact) mass is 440 g/mol. The maximum absolute atomic E-state index is 13.4. The molecule has 2 aliphatic carbocycles. The van der Waals surface area contributed by atoms with Gasteiger partial charge in [0.15, 0.2) is 11.7 Å². The van der Waals surface area contributed by atoms with Crippen LogP contribution in [0.2, 0.25) is 0 Å². The van der Waals surface area contributed by atoms with Crippen LogP contribution in [0.1, 0.15) is 34.1 Å². The number of carbonyl (C=O) groups excluding carboxylic acids is 3. The fraction of sp³-hybridized carbons (Fsp3) is 0.850. The molecule has 2 saturated carbocycles. The van der Waals surface area contributed by atoms with Crippen LogP contribution in [-0.4, -0.2) is 79.9 Å². The van der Waals surface area contributed by atoms with Crippen molar-refractivity contribution in [2.75, 3.05) is 0 Å². The molecule has 0 aromatic rings. The zero-order valence-corrected chi connectivity index (χ0v) is 17.3. The summed E-state index contributed by atoms with van der Waals surface area (Å²) in [4.78, 5) is 38.3. The lowest BCUT2D eigenvalue weighted by Gasteiger charge is -2.47. The van der Waals surface area contributed by atoms with Crippen LogP contribution in [-0.2, 0) is 33.3 Å². The number of aliphatic hydroxyl groups excluding tert-OH is 2. The Hall–Kier alpha value is -1.79. The Labute approximate surface area is 176 Å². The predicted molar refractivity (Wildman–Crippen MR) is 93.2 cm³/mol. The van der Waals surface area contributed by atoms with Gasteiger partial charge in [-0.25, -0.2) is 9.59 Å². The molecule has 0 radical (unpaired) electrons. The van der Waals surface area contributed by atoms with Crippen LogP contribution in [0.3, 0.4) is 0 Å². The van der Waals surface area contributed by atoms with Crippen molar-refractivity contribution in [2.45, 2.75) is 75.7 Å². The van der Waals surface area contributed by atoms with Crippen molar-refractivity contribution in [1.29, 1.82) is 0 Å². The highest BCUT2D eigenvalue weighted by Crippen LogP contribution is 2.86. The van der Waals surface area contributed by atoms with Gasteiger partial charge in [-0.05, 0) is 12.3 Å². The summed E-state index contributed by atoms with van der Waals surface area (Å²) in [6.45, 7) is 6.56. The van der Waals surface area contributed by atoms with E-state index in [0.717, 1.165) is 0 Å². The highest BCUT2D eigenvalue weighted by atomic mass is 16.9. The molecular weight excluding hydrogens is 416 g/mol. The van der Waals surface area contributed by atoms with Gasteiger partial charge >= 0.3 is 23.9 Å². The molecule has 11 unspecified atom stereocenters. The molecule has 2 spiro atoms. The Morgan fingerprint density at radius 2 is 1.68 bits per heavy atom. The van der Waals surface area contributed by atoms with Crippen molar-refractivity contribution in [3.05, 3.63) is 0 Å². The second-order valence-corrected chi connectivity index (χ2v) is 10.9. The second kappa shape index (κ2) is 4.76. The summed E-state index contributed by atoms with van der Waals surface area (Å²) < 4.78 is 22.0. The zero-order chi connectivity index (χ0) is 22.7. The molecule has 6 fully saturated rings. The summed E-state index contributed by atoms with van der Waals surface area (Å²) in [6, 6.07) is 0. The van der Waals surface area contributed by atoms with E-state index in [1.807, 2.05) is 0 Å². The summed E-state index contributed by atoms with van der Waals surface area (Å²) in [5, 5.41) is 46.1. The number of rotatable bonds is 0. The van der Waals surface area contributed by atoms with E-state index in [2.05, 4.69) is 0 Å². The van der Waals surface area contributed by atoms with Crippen LogP contribution < -0.4 is 0 Å². The van der Waals surface area contributed by atoms with E-state index in [-0.39, 0.29) is 6.42 Å². The Morgan fingerprint density at radius 1 is 1.03 bits per heavy atom. The van der Waals surface area contributed by atoms with Gasteiger partial charge in [-0.15, -0.1) is 0 Å². The summed E-state index contributed by atoms with van der Waals surface area (Å²) in [6.07, 6.45) is -6.29. The Kier molecular flexibility index (Phi) is 3.05. The zero-order valence-electron chi connectivity index (χ0n) is 17.3. The molecule has 4 saturated heterocycles. The minimum Gasteiger partial charge on any atom is -0.459 e. The van der Waals surface area contributed by atoms with E-state index in [0.29, 0.717) is 0 Å². The van der Waals surface area contributed by atoms with Gasteiger partial charge in [-0.1, -0.05) is 20.8 Å². The first-order chi connectivity index (χ1) is 14.2. The van der Waals surface area contributed by atoms with Gasteiger partial charge in [-0.2, -0.15) is 0 Å². The van der Waals surface area contributed by atoms with Gasteiger partial charge in [0, 0.05) is 12.3 Å². The van der Waals surface area contributed by atoms with Gasteiger partial charge in [0.05, 0.1) is 17.4 Å². The number of ether oxygens (including phenoxy) is 4. The van der Waals surface area contributed by atoms with Crippen LogP contribution in [0, 0.1) is 28.1 Å². The van der Waals surface area contributed by atoms with Crippen molar-refractivity contribution in [3.63, 3.8) is 0 Å². The van der Waals surface area contributed by atoms with Crippen molar-refractivity contribution in [2.24, 2.45) is 28.1 Å². The first kappa shape index (κ1) is 19.9. The van der Waals surface area contributed by atoms with Crippen molar-refractivity contribution >= 4 is 17.9 Å². The third-order valence-electron chi connectivity index (χ3n) is 8.99. The molecule has 11 atom stereocenters. The molecule has 6 rings (SSSR count). The number of hydrogen-bond donors (Lipinski definition) is 4. The van der Waals surface area contributed by atoms with E-state index in [1.165, 1.54) is 6.92 Å². The summed E-state index contributed by atoms with van der Waals surface area (Å²) in [5.74, 6) is -8.20. The van der Waals surface area contributed by atoms with Gasteiger partial charge in [0.2, 0.25) is 5.60 Å². The number of hydrogen-bond acceptors (Lipinski definition) is 11. The molecule has 4 N–H and O–H groups in total. The first-order valence-corrected chi connectivity index (χ1v) is 10.3. The fourth-order valence-electron chi connectivity index (χ4n) is 8.30. The van der Waals surface area contributed by atoms with E-state index < -0.39 is 87.6 Å². The molecule has 31 heavy (non-hydrogen) atoms. The van der Waals surface area contributed by atoms with Gasteiger partial charge < -0.3 is 34.6 Å². The lowest BCUT2D eigenvalue weighted by Crippen LogP contribution is -2.66. The highest BCUT2D eigenvalue weighted by Gasteiger charge is 3.06. The van der Waals surface area contributed by atoms with E-state index in [4.69, 9.17) is 18.9 Å². The Morgan fingerprint density at radius 3 is 2.29 bits per heavy atom. The van der Waals surface area contributed by atoms with Crippen molar-refractivity contribution in [3.8, 4) is 0 Å². The quantitative estimate of drug-likeness (QED) is 0.242. The van der Waals surface area contributed by atoms with E-state index in [1.54, 1.807) is 20.8 Å². The van der Waals surface area contributed by atoms with E-state index >= 15 is 0 Å². The summed E-state index contributed by atoms with van der Waals surface area (Å²) >= 11 is 0. The molecule has 4 heterocycles. The van der Waals surface area contributed by atoms with Crippen LogP contribution in [0.5, 0.6) is 0 Å². The smallest absolute Gasteiger partial charge is 0.343 e. The molecule has 170 valence electrons. The number of carbonyl (C=O) groups is 3. The molecule has 4 aliphatic heterocycles. The van der Waals surface area contributed by atoms with Crippen molar-refractivity contribution < 1.29 is 53.8 Å².